The number of nitrogens with zero attached hydrogens (tertiary/aromatic N) is 2. The van der Waals surface area contributed by atoms with Crippen molar-refractivity contribution in [3.8, 4) is 16.3 Å². The Kier molecular flexibility index (Phi) is 3.12. The standard InChI is InChI=1S/C15H12N2O2S/c1-10-4-2-5-11(8-10)17-14(13-6-3-7-20-13)12(9-16-17)15(18)19/h2-9H,1H3,(H,18,19). The Morgan fingerprint density at radius 1 is 1.30 bits per heavy atom. The molecule has 3 aromatic rings. The molecule has 5 heteroatoms. The molecule has 0 unspecified atom stereocenters. The average Bonchev–Trinajstić information content (AvgIpc) is 3.07. The second kappa shape index (κ2) is 4.94. The van der Waals surface area contributed by atoms with Gasteiger partial charge < -0.3 is 5.11 Å². The maximum atomic E-state index is 11.4. The van der Waals surface area contributed by atoms with Crippen LogP contribution >= 0.6 is 11.3 Å². The fraction of sp³-hybridized carbons (Fsp3) is 0.0667. The van der Waals surface area contributed by atoms with Gasteiger partial charge in [0, 0.05) is 0 Å². The molecule has 3 rings (SSSR count). The van der Waals surface area contributed by atoms with Gasteiger partial charge >= 0.3 is 5.97 Å². The van der Waals surface area contributed by atoms with E-state index in [0.29, 0.717) is 5.69 Å². The van der Waals surface area contributed by atoms with Crippen LogP contribution in [0.15, 0.2) is 48.0 Å². The molecule has 0 saturated heterocycles. The summed E-state index contributed by atoms with van der Waals surface area (Å²) in [5.74, 6) is -0.965. The molecular formula is C15H12N2O2S. The Hall–Kier alpha value is -2.40. The van der Waals surface area contributed by atoms with E-state index in [4.69, 9.17) is 0 Å². The van der Waals surface area contributed by atoms with E-state index in [1.54, 1.807) is 4.68 Å². The molecule has 2 heterocycles. The van der Waals surface area contributed by atoms with Crippen molar-refractivity contribution in [2.24, 2.45) is 0 Å². The third-order valence-corrected chi connectivity index (χ3v) is 3.88. The predicted molar refractivity (Wildman–Crippen MR) is 78.6 cm³/mol. The quantitative estimate of drug-likeness (QED) is 0.799. The van der Waals surface area contributed by atoms with E-state index in [1.165, 1.54) is 17.5 Å². The second-order valence-corrected chi connectivity index (χ2v) is 5.39. The van der Waals surface area contributed by atoms with E-state index in [9.17, 15) is 9.90 Å². The summed E-state index contributed by atoms with van der Waals surface area (Å²) in [6.07, 6.45) is 1.40. The van der Waals surface area contributed by atoms with Crippen LogP contribution in [0.4, 0.5) is 0 Å². The lowest BCUT2D eigenvalue weighted by Gasteiger charge is -2.07. The summed E-state index contributed by atoms with van der Waals surface area (Å²) in [5.41, 5.74) is 2.81. The third kappa shape index (κ3) is 2.12. The molecule has 0 bridgehead atoms. The highest BCUT2D eigenvalue weighted by atomic mass is 32.1. The predicted octanol–water partition coefficient (Wildman–Crippen LogP) is 3.61. The van der Waals surface area contributed by atoms with Crippen LogP contribution < -0.4 is 0 Å². The molecule has 20 heavy (non-hydrogen) atoms. The SMILES string of the molecule is Cc1cccc(-n2ncc(C(=O)O)c2-c2cccs2)c1. The molecule has 100 valence electrons. The third-order valence-electron chi connectivity index (χ3n) is 3.00. The zero-order valence-corrected chi connectivity index (χ0v) is 11.6. The minimum absolute atomic E-state index is 0.217. The van der Waals surface area contributed by atoms with Crippen LogP contribution in [0.25, 0.3) is 16.3 Å². The molecule has 2 aromatic heterocycles. The van der Waals surface area contributed by atoms with E-state index in [-0.39, 0.29) is 5.56 Å². The molecule has 0 radical (unpaired) electrons. The van der Waals surface area contributed by atoms with Crippen molar-refractivity contribution in [2.45, 2.75) is 6.92 Å². The molecule has 0 aliphatic heterocycles. The molecule has 0 amide bonds. The van der Waals surface area contributed by atoms with Crippen molar-refractivity contribution < 1.29 is 9.90 Å². The smallest absolute Gasteiger partial charge is 0.339 e. The first kappa shape index (κ1) is 12.6. The normalized spacial score (nSPS) is 10.7. The minimum Gasteiger partial charge on any atom is -0.478 e. The Morgan fingerprint density at radius 3 is 2.80 bits per heavy atom. The van der Waals surface area contributed by atoms with E-state index in [0.717, 1.165) is 16.1 Å². The summed E-state index contributed by atoms with van der Waals surface area (Å²) in [6.45, 7) is 2.00. The van der Waals surface area contributed by atoms with Gasteiger partial charge in [0.15, 0.2) is 0 Å². The van der Waals surface area contributed by atoms with Gasteiger partial charge in [0.05, 0.1) is 22.5 Å². The Morgan fingerprint density at radius 2 is 2.15 bits per heavy atom. The van der Waals surface area contributed by atoms with Crippen LogP contribution in [0.1, 0.15) is 15.9 Å². The van der Waals surface area contributed by atoms with Crippen LogP contribution in [0.3, 0.4) is 0 Å². The number of carboxylic acid groups (broad SMARTS) is 1. The van der Waals surface area contributed by atoms with Crippen molar-refractivity contribution >= 4 is 17.3 Å². The minimum atomic E-state index is -0.965. The number of hydrogen-bond acceptors (Lipinski definition) is 3. The lowest BCUT2D eigenvalue weighted by molar-refractivity contribution is 0.0698. The number of carboxylic acids is 1. The first-order valence-corrected chi connectivity index (χ1v) is 6.97. The number of rotatable bonds is 3. The van der Waals surface area contributed by atoms with Crippen molar-refractivity contribution in [3.05, 3.63) is 59.1 Å². The van der Waals surface area contributed by atoms with Gasteiger partial charge in [-0.25, -0.2) is 9.48 Å². The van der Waals surface area contributed by atoms with Gasteiger partial charge in [0.25, 0.3) is 0 Å². The molecule has 0 spiro atoms. The number of aryl methyl sites for hydroxylation is 1. The number of thiophene rings is 1. The number of aromatic nitrogens is 2. The van der Waals surface area contributed by atoms with E-state index >= 15 is 0 Å². The lowest BCUT2D eigenvalue weighted by atomic mass is 10.2. The van der Waals surface area contributed by atoms with E-state index in [2.05, 4.69) is 5.10 Å². The summed E-state index contributed by atoms with van der Waals surface area (Å²) in [7, 11) is 0. The molecule has 0 aliphatic carbocycles. The Bertz CT molecular complexity index is 760. The van der Waals surface area contributed by atoms with Gasteiger partial charge in [0.1, 0.15) is 5.56 Å². The largest absolute Gasteiger partial charge is 0.478 e. The van der Waals surface area contributed by atoms with Gasteiger partial charge in [-0.05, 0) is 36.1 Å². The molecule has 4 nitrogen and oxygen atoms in total. The number of hydrogen-bond donors (Lipinski definition) is 1. The van der Waals surface area contributed by atoms with Crippen LogP contribution in [0, 0.1) is 6.92 Å². The van der Waals surface area contributed by atoms with Crippen molar-refractivity contribution in [1.29, 1.82) is 0 Å². The van der Waals surface area contributed by atoms with Crippen molar-refractivity contribution in [3.63, 3.8) is 0 Å². The topological polar surface area (TPSA) is 55.1 Å². The van der Waals surface area contributed by atoms with Gasteiger partial charge in [-0.2, -0.15) is 5.10 Å². The summed E-state index contributed by atoms with van der Waals surface area (Å²) in [5, 5.41) is 15.5. The number of benzene rings is 1. The average molecular weight is 284 g/mol. The van der Waals surface area contributed by atoms with Crippen LogP contribution in [0.2, 0.25) is 0 Å². The molecule has 1 N–H and O–H groups in total. The van der Waals surface area contributed by atoms with Crippen molar-refractivity contribution in [1.82, 2.24) is 9.78 Å². The first-order chi connectivity index (χ1) is 9.66. The van der Waals surface area contributed by atoms with Gasteiger partial charge in [-0.3, -0.25) is 0 Å². The first-order valence-electron chi connectivity index (χ1n) is 6.09. The second-order valence-electron chi connectivity index (χ2n) is 4.44. The highest BCUT2D eigenvalue weighted by molar-refractivity contribution is 7.13. The van der Waals surface area contributed by atoms with Crippen molar-refractivity contribution in [2.75, 3.05) is 0 Å². The van der Waals surface area contributed by atoms with Gasteiger partial charge in [0.2, 0.25) is 0 Å². The fourth-order valence-electron chi connectivity index (χ4n) is 2.11. The Labute approximate surface area is 119 Å². The number of carbonyl (C=O) groups is 1. The maximum Gasteiger partial charge on any atom is 0.339 e. The highest BCUT2D eigenvalue weighted by Crippen LogP contribution is 2.30. The summed E-state index contributed by atoms with van der Waals surface area (Å²) >= 11 is 1.50. The van der Waals surface area contributed by atoms with E-state index < -0.39 is 5.97 Å². The zero-order chi connectivity index (χ0) is 14.1. The monoisotopic (exact) mass is 284 g/mol. The summed E-state index contributed by atoms with van der Waals surface area (Å²) < 4.78 is 1.68. The molecule has 0 aliphatic rings. The van der Waals surface area contributed by atoms with Crippen LogP contribution in [-0.2, 0) is 0 Å². The van der Waals surface area contributed by atoms with Gasteiger partial charge in [-0.1, -0.05) is 18.2 Å². The van der Waals surface area contributed by atoms with Gasteiger partial charge in [-0.15, -0.1) is 11.3 Å². The van der Waals surface area contributed by atoms with E-state index in [1.807, 2.05) is 48.7 Å². The Balaban J connectivity index is 2.24. The highest BCUT2D eigenvalue weighted by Gasteiger charge is 2.19. The molecule has 0 atom stereocenters. The number of aromatic carboxylic acids is 1. The summed E-state index contributed by atoms with van der Waals surface area (Å²) in [6, 6.07) is 11.6. The zero-order valence-electron chi connectivity index (χ0n) is 10.8. The fourth-order valence-corrected chi connectivity index (χ4v) is 2.88. The van der Waals surface area contributed by atoms with Crippen LogP contribution in [-0.4, -0.2) is 20.9 Å². The molecule has 0 fully saturated rings. The van der Waals surface area contributed by atoms with Crippen LogP contribution in [0.5, 0.6) is 0 Å². The molecule has 1 aromatic carbocycles. The summed E-state index contributed by atoms with van der Waals surface area (Å²) in [4.78, 5) is 12.3. The molecular weight excluding hydrogens is 272 g/mol. The molecule has 0 saturated carbocycles. The maximum absolute atomic E-state index is 11.4. The lowest BCUT2D eigenvalue weighted by Crippen LogP contribution is -2.02.